The Kier molecular flexibility index (Phi) is 3.95. The molecular formula is C17H25BrN2. The molecule has 2 N–H and O–H groups in total. The van der Waals surface area contributed by atoms with E-state index in [4.69, 9.17) is 5.73 Å². The first kappa shape index (κ1) is 14.6. The molecule has 1 saturated heterocycles. The normalized spacial score (nSPS) is 34.2. The molecule has 2 aliphatic rings. The van der Waals surface area contributed by atoms with E-state index in [0.29, 0.717) is 6.04 Å². The summed E-state index contributed by atoms with van der Waals surface area (Å²) in [5.41, 5.74) is 9.45. The molecule has 1 aliphatic carbocycles. The smallest absolute Gasteiger partial charge is 0.0378 e. The van der Waals surface area contributed by atoms with Gasteiger partial charge < -0.3 is 5.73 Å². The molecule has 1 aromatic carbocycles. The van der Waals surface area contributed by atoms with E-state index in [1.807, 2.05) is 0 Å². The topological polar surface area (TPSA) is 29.3 Å². The van der Waals surface area contributed by atoms with Crippen molar-refractivity contribution in [3.63, 3.8) is 0 Å². The molecule has 0 bridgehead atoms. The third-order valence-electron chi connectivity index (χ3n) is 5.32. The SMILES string of the molecule is CC1CC(C)N(C2(CN)CCc3cc(Br)ccc3C2)C1. The number of benzene rings is 1. The van der Waals surface area contributed by atoms with Gasteiger partial charge in [-0.1, -0.05) is 28.9 Å². The van der Waals surface area contributed by atoms with E-state index in [1.54, 1.807) is 0 Å². The van der Waals surface area contributed by atoms with E-state index in [9.17, 15) is 0 Å². The molecule has 3 atom stereocenters. The van der Waals surface area contributed by atoms with Crippen molar-refractivity contribution in [1.82, 2.24) is 4.90 Å². The number of hydrogen-bond donors (Lipinski definition) is 1. The average Bonchev–Trinajstić information content (AvgIpc) is 2.78. The lowest BCUT2D eigenvalue weighted by Gasteiger charge is -2.47. The van der Waals surface area contributed by atoms with Crippen molar-refractivity contribution in [3.05, 3.63) is 33.8 Å². The standard InChI is InChI=1S/C17H25BrN2/c1-12-7-13(2)20(10-12)17(11-19)6-5-14-8-16(18)4-3-15(14)9-17/h3-4,8,12-13H,5-7,9-11,19H2,1-2H3. The number of aryl methyl sites for hydroxylation is 1. The monoisotopic (exact) mass is 336 g/mol. The largest absolute Gasteiger partial charge is 0.329 e. The third-order valence-corrected chi connectivity index (χ3v) is 5.81. The first-order valence-corrected chi connectivity index (χ1v) is 8.57. The molecule has 1 heterocycles. The third kappa shape index (κ3) is 2.44. The van der Waals surface area contributed by atoms with Gasteiger partial charge in [-0.2, -0.15) is 0 Å². The molecule has 1 fully saturated rings. The van der Waals surface area contributed by atoms with Gasteiger partial charge in [-0.15, -0.1) is 0 Å². The molecule has 1 aromatic rings. The molecule has 1 aliphatic heterocycles. The van der Waals surface area contributed by atoms with Crippen LogP contribution in [0.4, 0.5) is 0 Å². The minimum Gasteiger partial charge on any atom is -0.329 e. The van der Waals surface area contributed by atoms with Crippen LogP contribution in [0.15, 0.2) is 22.7 Å². The zero-order valence-electron chi connectivity index (χ0n) is 12.5. The van der Waals surface area contributed by atoms with Gasteiger partial charge in [0.05, 0.1) is 0 Å². The van der Waals surface area contributed by atoms with Crippen molar-refractivity contribution in [2.75, 3.05) is 13.1 Å². The van der Waals surface area contributed by atoms with Gasteiger partial charge in [-0.05, 0) is 61.8 Å². The van der Waals surface area contributed by atoms with Gasteiger partial charge in [-0.3, -0.25) is 4.90 Å². The van der Waals surface area contributed by atoms with Crippen molar-refractivity contribution in [1.29, 1.82) is 0 Å². The number of halogens is 1. The van der Waals surface area contributed by atoms with Crippen LogP contribution in [0.3, 0.4) is 0 Å². The second-order valence-electron chi connectivity index (χ2n) is 6.86. The molecule has 3 unspecified atom stereocenters. The van der Waals surface area contributed by atoms with Gasteiger partial charge >= 0.3 is 0 Å². The van der Waals surface area contributed by atoms with Crippen LogP contribution in [0.1, 0.15) is 37.8 Å². The lowest BCUT2D eigenvalue weighted by Crippen LogP contribution is -2.58. The van der Waals surface area contributed by atoms with Crippen LogP contribution < -0.4 is 5.73 Å². The van der Waals surface area contributed by atoms with Crippen molar-refractivity contribution < 1.29 is 0 Å². The Hall–Kier alpha value is -0.380. The van der Waals surface area contributed by atoms with Crippen molar-refractivity contribution in [3.8, 4) is 0 Å². The summed E-state index contributed by atoms with van der Waals surface area (Å²) >= 11 is 3.58. The van der Waals surface area contributed by atoms with Crippen LogP contribution in [-0.4, -0.2) is 29.6 Å². The summed E-state index contributed by atoms with van der Waals surface area (Å²) in [4.78, 5) is 2.71. The molecule has 3 heteroatoms. The zero-order chi connectivity index (χ0) is 14.3. The van der Waals surface area contributed by atoms with E-state index in [2.05, 4.69) is 52.9 Å². The number of nitrogens with two attached hydrogens (primary N) is 1. The molecule has 2 nitrogen and oxygen atoms in total. The van der Waals surface area contributed by atoms with Gasteiger partial charge in [0.2, 0.25) is 0 Å². The number of likely N-dealkylation sites (tertiary alicyclic amines) is 1. The van der Waals surface area contributed by atoms with Gasteiger partial charge in [0.15, 0.2) is 0 Å². The predicted molar refractivity (Wildman–Crippen MR) is 87.9 cm³/mol. The Morgan fingerprint density at radius 1 is 1.35 bits per heavy atom. The highest BCUT2D eigenvalue weighted by molar-refractivity contribution is 9.10. The lowest BCUT2D eigenvalue weighted by atomic mass is 9.76. The second kappa shape index (κ2) is 5.43. The van der Waals surface area contributed by atoms with E-state index in [1.165, 1.54) is 35.0 Å². The summed E-state index contributed by atoms with van der Waals surface area (Å²) in [5.74, 6) is 0.805. The Balaban J connectivity index is 1.90. The van der Waals surface area contributed by atoms with Crippen LogP contribution >= 0.6 is 15.9 Å². The van der Waals surface area contributed by atoms with Gasteiger partial charge in [0, 0.05) is 29.1 Å². The van der Waals surface area contributed by atoms with Crippen LogP contribution in [0.25, 0.3) is 0 Å². The van der Waals surface area contributed by atoms with E-state index < -0.39 is 0 Å². The number of hydrogen-bond acceptors (Lipinski definition) is 2. The van der Waals surface area contributed by atoms with Crippen LogP contribution in [-0.2, 0) is 12.8 Å². The molecular weight excluding hydrogens is 312 g/mol. The second-order valence-corrected chi connectivity index (χ2v) is 7.78. The van der Waals surface area contributed by atoms with Crippen molar-refractivity contribution in [2.45, 2.75) is 51.1 Å². The maximum atomic E-state index is 6.26. The van der Waals surface area contributed by atoms with Crippen LogP contribution in [0, 0.1) is 5.92 Å². The van der Waals surface area contributed by atoms with E-state index in [0.717, 1.165) is 25.3 Å². The first-order valence-electron chi connectivity index (χ1n) is 7.78. The highest BCUT2D eigenvalue weighted by Gasteiger charge is 2.43. The molecule has 3 rings (SSSR count). The number of fused-ring (bicyclic) bond motifs is 1. The number of rotatable bonds is 2. The maximum absolute atomic E-state index is 6.26. The van der Waals surface area contributed by atoms with Gasteiger partial charge in [0.25, 0.3) is 0 Å². The fraction of sp³-hybridized carbons (Fsp3) is 0.647. The summed E-state index contributed by atoms with van der Waals surface area (Å²) in [6, 6.07) is 7.41. The minimum absolute atomic E-state index is 0.186. The van der Waals surface area contributed by atoms with Crippen LogP contribution in [0.2, 0.25) is 0 Å². The summed E-state index contributed by atoms with van der Waals surface area (Å²) in [6.07, 6.45) is 4.78. The van der Waals surface area contributed by atoms with Crippen LogP contribution in [0.5, 0.6) is 0 Å². The lowest BCUT2D eigenvalue weighted by molar-refractivity contribution is 0.0707. The Morgan fingerprint density at radius 3 is 2.80 bits per heavy atom. The zero-order valence-corrected chi connectivity index (χ0v) is 14.1. The first-order chi connectivity index (χ1) is 9.54. The maximum Gasteiger partial charge on any atom is 0.0378 e. The molecule has 0 spiro atoms. The molecule has 0 aromatic heterocycles. The Morgan fingerprint density at radius 2 is 2.15 bits per heavy atom. The van der Waals surface area contributed by atoms with Crippen molar-refractivity contribution in [2.24, 2.45) is 11.7 Å². The summed E-state index contributed by atoms with van der Waals surface area (Å²) in [7, 11) is 0. The quantitative estimate of drug-likeness (QED) is 0.897. The highest BCUT2D eigenvalue weighted by Crippen LogP contribution is 2.39. The molecule has 0 amide bonds. The van der Waals surface area contributed by atoms with Gasteiger partial charge in [0.1, 0.15) is 0 Å². The summed E-state index contributed by atoms with van der Waals surface area (Å²) < 4.78 is 1.19. The Bertz CT molecular complexity index is 502. The highest BCUT2D eigenvalue weighted by atomic mass is 79.9. The number of nitrogens with zero attached hydrogens (tertiary/aromatic N) is 1. The van der Waals surface area contributed by atoms with E-state index >= 15 is 0 Å². The van der Waals surface area contributed by atoms with E-state index in [-0.39, 0.29) is 5.54 Å². The molecule has 0 radical (unpaired) electrons. The molecule has 0 saturated carbocycles. The average molecular weight is 337 g/mol. The Labute approximate surface area is 130 Å². The summed E-state index contributed by atoms with van der Waals surface area (Å²) in [5, 5.41) is 0. The molecule has 20 heavy (non-hydrogen) atoms. The minimum atomic E-state index is 0.186. The predicted octanol–water partition coefficient (Wildman–Crippen LogP) is 3.37. The fourth-order valence-electron chi connectivity index (χ4n) is 4.31. The fourth-order valence-corrected chi connectivity index (χ4v) is 4.72. The van der Waals surface area contributed by atoms with Crippen molar-refractivity contribution >= 4 is 15.9 Å². The molecule has 110 valence electrons. The van der Waals surface area contributed by atoms with Gasteiger partial charge in [-0.25, -0.2) is 0 Å². The summed E-state index contributed by atoms with van der Waals surface area (Å²) in [6.45, 7) is 6.73.